The molecule has 2 radical (unpaired) electrons. The first-order chi connectivity index (χ1) is 8.72. The van der Waals surface area contributed by atoms with Crippen molar-refractivity contribution in [3.8, 4) is 0 Å². The molecule has 0 aromatic heterocycles. The highest BCUT2D eigenvalue weighted by Gasteiger charge is 2.33. The van der Waals surface area contributed by atoms with Crippen LogP contribution >= 0.6 is 23.5 Å². The molecule has 2 aliphatic rings. The summed E-state index contributed by atoms with van der Waals surface area (Å²) >= 11 is 3.39. The lowest BCUT2D eigenvalue weighted by molar-refractivity contribution is -0.0305. The standard InChI is InChI=1S/C13H14O3S2/c1-8-6-9(14)10(16-8)7-15-13-17-11-4-2-3-5-12(11)18-13/h1-5,8-10,13-14H,6-7H2/t8-,9+,10+/m0/s1. The third-order valence-corrected chi connectivity index (χ3v) is 5.53. The first-order valence-corrected chi connectivity index (χ1v) is 7.61. The molecule has 1 aromatic rings. The van der Waals surface area contributed by atoms with Crippen molar-refractivity contribution < 1.29 is 14.6 Å². The number of aliphatic hydroxyl groups is 1. The van der Waals surface area contributed by atoms with E-state index in [1.165, 1.54) is 9.79 Å². The molecule has 0 spiro atoms. The van der Waals surface area contributed by atoms with Crippen molar-refractivity contribution >= 4 is 23.5 Å². The van der Waals surface area contributed by atoms with Crippen LogP contribution in [0.15, 0.2) is 34.1 Å². The molecule has 2 heterocycles. The van der Waals surface area contributed by atoms with Gasteiger partial charge in [0, 0.05) is 16.2 Å². The number of benzene rings is 1. The number of thioether (sulfide) groups is 2. The van der Waals surface area contributed by atoms with Gasteiger partial charge in [0.1, 0.15) is 6.10 Å². The van der Waals surface area contributed by atoms with Crippen LogP contribution in [0.4, 0.5) is 0 Å². The summed E-state index contributed by atoms with van der Waals surface area (Å²) in [6.07, 6.45) is -0.697. The molecule has 1 fully saturated rings. The number of aliphatic hydroxyl groups excluding tert-OH is 1. The SMILES string of the molecule is [CH][C@H]1C[C@@H](O)[C@@H](COC2Sc3ccccc3S2)O1. The maximum atomic E-state index is 9.71. The smallest absolute Gasteiger partial charge is 0.158 e. The molecule has 0 bridgehead atoms. The first kappa shape index (κ1) is 12.8. The zero-order valence-electron chi connectivity index (χ0n) is 9.69. The molecule has 3 atom stereocenters. The summed E-state index contributed by atoms with van der Waals surface area (Å²) in [6, 6.07) is 8.23. The van der Waals surface area contributed by atoms with Crippen LogP contribution in [0.1, 0.15) is 6.42 Å². The Bertz CT molecular complexity index is 401. The van der Waals surface area contributed by atoms with Crippen LogP contribution in [0, 0.1) is 6.92 Å². The van der Waals surface area contributed by atoms with E-state index < -0.39 is 6.10 Å². The maximum absolute atomic E-state index is 9.71. The molecule has 3 nitrogen and oxygen atoms in total. The zero-order chi connectivity index (χ0) is 12.5. The van der Waals surface area contributed by atoms with Crippen LogP contribution < -0.4 is 0 Å². The van der Waals surface area contributed by atoms with E-state index in [1.807, 2.05) is 12.1 Å². The van der Waals surface area contributed by atoms with Gasteiger partial charge < -0.3 is 14.6 Å². The second-order valence-corrected chi connectivity index (χ2v) is 6.83. The van der Waals surface area contributed by atoms with Crippen LogP contribution in [-0.2, 0) is 9.47 Å². The minimum absolute atomic E-state index is 0.0371. The molecule has 2 aliphatic heterocycles. The van der Waals surface area contributed by atoms with Gasteiger partial charge in [0.25, 0.3) is 0 Å². The van der Waals surface area contributed by atoms with Gasteiger partial charge in [0.05, 0.1) is 18.8 Å². The van der Waals surface area contributed by atoms with Gasteiger partial charge >= 0.3 is 0 Å². The molecule has 0 saturated carbocycles. The lowest BCUT2D eigenvalue weighted by Crippen LogP contribution is -2.27. The zero-order valence-corrected chi connectivity index (χ0v) is 11.3. The number of hydrogen-bond acceptors (Lipinski definition) is 5. The molecule has 0 amide bonds. The first-order valence-electron chi connectivity index (χ1n) is 5.85. The van der Waals surface area contributed by atoms with Crippen LogP contribution in [0.5, 0.6) is 0 Å². The van der Waals surface area contributed by atoms with Gasteiger partial charge in [0.2, 0.25) is 0 Å². The fourth-order valence-electron chi connectivity index (χ4n) is 2.03. The normalized spacial score (nSPS) is 31.8. The summed E-state index contributed by atoms with van der Waals surface area (Å²) in [5.41, 5.74) is 0. The van der Waals surface area contributed by atoms with E-state index in [0.717, 1.165) is 0 Å². The highest BCUT2D eigenvalue weighted by molar-refractivity contribution is 8.19. The molecule has 18 heavy (non-hydrogen) atoms. The third-order valence-electron chi connectivity index (χ3n) is 2.94. The minimum atomic E-state index is -0.515. The monoisotopic (exact) mass is 282 g/mol. The Labute approximate surface area is 115 Å². The van der Waals surface area contributed by atoms with Crippen molar-refractivity contribution in [1.29, 1.82) is 0 Å². The molecule has 1 aromatic carbocycles. The summed E-state index contributed by atoms with van der Waals surface area (Å²) in [5.74, 6) is 0. The van der Waals surface area contributed by atoms with E-state index in [1.54, 1.807) is 23.5 Å². The van der Waals surface area contributed by atoms with Gasteiger partial charge in [-0.05, 0) is 19.1 Å². The van der Waals surface area contributed by atoms with E-state index in [9.17, 15) is 5.11 Å². The van der Waals surface area contributed by atoms with E-state index in [-0.39, 0.29) is 17.0 Å². The fraction of sp³-hybridized carbons (Fsp3) is 0.462. The molecule has 1 saturated heterocycles. The van der Waals surface area contributed by atoms with Crippen LogP contribution in [0.25, 0.3) is 0 Å². The van der Waals surface area contributed by atoms with Crippen molar-refractivity contribution in [3.63, 3.8) is 0 Å². The van der Waals surface area contributed by atoms with E-state index in [0.29, 0.717) is 13.0 Å². The average Bonchev–Trinajstić information content (AvgIpc) is 2.89. The predicted molar refractivity (Wildman–Crippen MR) is 71.5 cm³/mol. The summed E-state index contributed by atoms with van der Waals surface area (Å²) in [7, 11) is 0. The summed E-state index contributed by atoms with van der Waals surface area (Å²) in [4.78, 5) is 2.49. The van der Waals surface area contributed by atoms with Gasteiger partial charge in [-0.2, -0.15) is 0 Å². The maximum Gasteiger partial charge on any atom is 0.158 e. The van der Waals surface area contributed by atoms with Crippen LogP contribution in [0.3, 0.4) is 0 Å². The lowest BCUT2D eigenvalue weighted by Gasteiger charge is -2.16. The Morgan fingerprint density at radius 1 is 1.33 bits per heavy atom. The molecular formula is C13H14O3S2. The van der Waals surface area contributed by atoms with Crippen molar-refractivity contribution in [1.82, 2.24) is 0 Å². The Morgan fingerprint density at radius 3 is 2.56 bits per heavy atom. The number of rotatable bonds is 3. The largest absolute Gasteiger partial charge is 0.390 e. The topological polar surface area (TPSA) is 38.7 Å². The summed E-state index contributed by atoms with van der Waals surface area (Å²) in [5, 5.41) is 9.71. The second-order valence-electron chi connectivity index (χ2n) is 4.32. The van der Waals surface area contributed by atoms with E-state index in [4.69, 9.17) is 16.4 Å². The minimum Gasteiger partial charge on any atom is -0.390 e. The number of fused-ring (bicyclic) bond motifs is 1. The highest BCUT2D eigenvalue weighted by atomic mass is 32.2. The quantitative estimate of drug-likeness (QED) is 0.921. The molecule has 3 rings (SSSR count). The van der Waals surface area contributed by atoms with Crippen LogP contribution in [0.2, 0.25) is 0 Å². The highest BCUT2D eigenvalue weighted by Crippen LogP contribution is 2.48. The predicted octanol–water partition coefficient (Wildman–Crippen LogP) is 2.41. The average molecular weight is 282 g/mol. The molecule has 96 valence electrons. The van der Waals surface area contributed by atoms with Gasteiger partial charge in [-0.1, -0.05) is 35.7 Å². The number of ether oxygens (including phenoxy) is 2. The van der Waals surface area contributed by atoms with Crippen molar-refractivity contribution in [2.45, 2.75) is 39.3 Å². The molecule has 0 aliphatic carbocycles. The van der Waals surface area contributed by atoms with E-state index in [2.05, 4.69) is 12.1 Å². The second kappa shape index (κ2) is 5.43. The van der Waals surface area contributed by atoms with Gasteiger partial charge in [0.15, 0.2) is 4.77 Å². The Hall–Kier alpha value is -0.200. The van der Waals surface area contributed by atoms with Crippen molar-refractivity contribution in [2.75, 3.05) is 6.61 Å². The lowest BCUT2D eigenvalue weighted by atomic mass is 10.1. The van der Waals surface area contributed by atoms with Crippen LogP contribution in [-0.4, -0.2) is 34.8 Å². The van der Waals surface area contributed by atoms with Gasteiger partial charge in [-0.25, -0.2) is 0 Å². The van der Waals surface area contributed by atoms with Gasteiger partial charge in [-0.3, -0.25) is 0 Å². The Morgan fingerprint density at radius 2 is 2.00 bits per heavy atom. The van der Waals surface area contributed by atoms with E-state index >= 15 is 0 Å². The molecule has 1 N–H and O–H groups in total. The van der Waals surface area contributed by atoms with Crippen molar-refractivity contribution in [2.24, 2.45) is 0 Å². The molecule has 0 unspecified atom stereocenters. The Balaban J connectivity index is 1.51. The Kier molecular flexibility index (Phi) is 3.86. The van der Waals surface area contributed by atoms with Crippen molar-refractivity contribution in [3.05, 3.63) is 31.2 Å². The summed E-state index contributed by atoms with van der Waals surface area (Å²) < 4.78 is 11.2. The fourth-order valence-corrected chi connectivity index (χ4v) is 4.52. The number of hydrogen-bond donors (Lipinski definition) is 1. The molecular weight excluding hydrogens is 268 g/mol. The third kappa shape index (κ3) is 2.70. The summed E-state index contributed by atoms with van der Waals surface area (Å²) in [6.45, 7) is 6.00. The van der Waals surface area contributed by atoms with Gasteiger partial charge in [-0.15, -0.1) is 0 Å². The molecule has 5 heteroatoms.